The molecule has 0 spiro atoms. The molecule has 0 bridgehead atoms. The van der Waals surface area contributed by atoms with Gasteiger partial charge in [-0.15, -0.1) is 0 Å². The zero-order valence-electron chi connectivity index (χ0n) is 9.01. The van der Waals surface area contributed by atoms with Crippen molar-refractivity contribution in [3.05, 3.63) is 22.2 Å². The molecule has 84 valence electrons. The Bertz CT molecular complexity index is 338. The van der Waals surface area contributed by atoms with Gasteiger partial charge in [-0.2, -0.15) is 0 Å². The fourth-order valence-electron chi connectivity index (χ4n) is 1.20. The standard InChI is InChI=1S/C11H14Br2O2/c1-7(2)15-11-9(13)4-8(6-12)5-10(11)14-3/h4-5,7H,6H2,1-3H3. The van der Waals surface area contributed by atoms with E-state index >= 15 is 0 Å². The Balaban J connectivity index is 3.12. The molecule has 0 aliphatic carbocycles. The van der Waals surface area contributed by atoms with Crippen molar-refractivity contribution in [1.82, 2.24) is 0 Å². The Labute approximate surface area is 107 Å². The third kappa shape index (κ3) is 3.38. The average molecular weight is 338 g/mol. The maximum absolute atomic E-state index is 5.68. The van der Waals surface area contributed by atoms with E-state index in [2.05, 4.69) is 31.9 Å². The Morgan fingerprint density at radius 3 is 2.47 bits per heavy atom. The average Bonchev–Trinajstić information content (AvgIpc) is 2.20. The highest BCUT2D eigenvalue weighted by Crippen LogP contribution is 2.37. The third-order valence-corrected chi connectivity index (χ3v) is 3.03. The molecule has 0 saturated heterocycles. The summed E-state index contributed by atoms with van der Waals surface area (Å²) in [7, 11) is 1.65. The lowest BCUT2D eigenvalue weighted by Crippen LogP contribution is -2.07. The summed E-state index contributed by atoms with van der Waals surface area (Å²) in [6.45, 7) is 3.98. The summed E-state index contributed by atoms with van der Waals surface area (Å²) < 4.78 is 11.9. The maximum atomic E-state index is 5.68. The Hall–Kier alpha value is -0.220. The molecule has 4 heteroatoms. The third-order valence-electron chi connectivity index (χ3n) is 1.80. The van der Waals surface area contributed by atoms with E-state index in [0.29, 0.717) is 0 Å². The number of benzene rings is 1. The SMILES string of the molecule is COc1cc(CBr)cc(Br)c1OC(C)C. The zero-order valence-corrected chi connectivity index (χ0v) is 12.2. The van der Waals surface area contributed by atoms with Crippen LogP contribution < -0.4 is 9.47 Å². The van der Waals surface area contributed by atoms with E-state index in [0.717, 1.165) is 26.9 Å². The first kappa shape index (κ1) is 12.8. The first-order valence-electron chi connectivity index (χ1n) is 4.67. The van der Waals surface area contributed by atoms with Crippen molar-refractivity contribution in [3.8, 4) is 11.5 Å². The lowest BCUT2D eigenvalue weighted by atomic mass is 10.2. The highest BCUT2D eigenvalue weighted by Gasteiger charge is 2.12. The molecule has 0 heterocycles. The van der Waals surface area contributed by atoms with E-state index in [1.165, 1.54) is 0 Å². The molecule has 1 rings (SSSR count). The molecule has 0 saturated carbocycles. The van der Waals surface area contributed by atoms with E-state index in [4.69, 9.17) is 9.47 Å². The predicted octanol–water partition coefficient (Wildman–Crippen LogP) is 4.14. The van der Waals surface area contributed by atoms with Crippen LogP contribution in [0.15, 0.2) is 16.6 Å². The van der Waals surface area contributed by atoms with Crippen molar-refractivity contribution >= 4 is 31.9 Å². The van der Waals surface area contributed by atoms with E-state index in [-0.39, 0.29) is 6.10 Å². The van der Waals surface area contributed by atoms with Crippen LogP contribution in [-0.4, -0.2) is 13.2 Å². The van der Waals surface area contributed by atoms with Crippen molar-refractivity contribution in [2.24, 2.45) is 0 Å². The monoisotopic (exact) mass is 336 g/mol. The summed E-state index contributed by atoms with van der Waals surface area (Å²) in [6, 6.07) is 3.99. The number of hydrogen-bond donors (Lipinski definition) is 0. The Morgan fingerprint density at radius 2 is 2.00 bits per heavy atom. The van der Waals surface area contributed by atoms with Gasteiger partial charge >= 0.3 is 0 Å². The largest absolute Gasteiger partial charge is 0.493 e. The summed E-state index contributed by atoms with van der Waals surface area (Å²) in [6.07, 6.45) is 0.130. The number of methoxy groups -OCH3 is 1. The van der Waals surface area contributed by atoms with Gasteiger partial charge in [-0.3, -0.25) is 0 Å². The van der Waals surface area contributed by atoms with Crippen LogP contribution in [0, 0.1) is 0 Å². The van der Waals surface area contributed by atoms with Crippen molar-refractivity contribution in [3.63, 3.8) is 0 Å². The van der Waals surface area contributed by atoms with Gasteiger partial charge in [0.25, 0.3) is 0 Å². The molecule has 0 fully saturated rings. The minimum Gasteiger partial charge on any atom is -0.493 e. The van der Waals surface area contributed by atoms with Gasteiger partial charge in [0, 0.05) is 5.33 Å². The summed E-state index contributed by atoms with van der Waals surface area (Å²) in [5.74, 6) is 1.52. The van der Waals surface area contributed by atoms with Gasteiger partial charge in [-0.25, -0.2) is 0 Å². The normalized spacial score (nSPS) is 10.5. The van der Waals surface area contributed by atoms with E-state index < -0.39 is 0 Å². The van der Waals surface area contributed by atoms with Crippen LogP contribution in [0.3, 0.4) is 0 Å². The Morgan fingerprint density at radius 1 is 1.33 bits per heavy atom. The first-order chi connectivity index (χ1) is 7.08. The molecule has 0 atom stereocenters. The summed E-state index contributed by atoms with van der Waals surface area (Å²) in [5, 5.41) is 0.796. The fraction of sp³-hybridized carbons (Fsp3) is 0.455. The molecule has 15 heavy (non-hydrogen) atoms. The van der Waals surface area contributed by atoms with Gasteiger partial charge in [-0.1, -0.05) is 15.9 Å². The molecular formula is C11H14Br2O2. The molecule has 0 aromatic heterocycles. The van der Waals surface area contributed by atoms with Gasteiger partial charge < -0.3 is 9.47 Å². The van der Waals surface area contributed by atoms with Crippen LogP contribution in [0.25, 0.3) is 0 Å². The molecule has 0 aliphatic rings. The molecule has 1 aromatic rings. The van der Waals surface area contributed by atoms with Crippen molar-refractivity contribution < 1.29 is 9.47 Å². The first-order valence-corrected chi connectivity index (χ1v) is 6.59. The summed E-state index contributed by atoms with van der Waals surface area (Å²) in [4.78, 5) is 0. The van der Waals surface area contributed by atoms with Crippen molar-refractivity contribution in [2.75, 3.05) is 7.11 Å². The summed E-state index contributed by atoms with van der Waals surface area (Å²) in [5.41, 5.74) is 1.15. The van der Waals surface area contributed by atoms with Crippen molar-refractivity contribution in [1.29, 1.82) is 0 Å². The predicted molar refractivity (Wildman–Crippen MR) is 69.1 cm³/mol. The Kier molecular flexibility index (Phi) is 4.93. The van der Waals surface area contributed by atoms with Gasteiger partial charge in [-0.05, 0) is 47.5 Å². The molecule has 0 aliphatic heterocycles. The number of rotatable bonds is 4. The van der Waals surface area contributed by atoms with Crippen LogP contribution in [0.2, 0.25) is 0 Å². The zero-order chi connectivity index (χ0) is 11.4. The second-order valence-electron chi connectivity index (χ2n) is 3.41. The highest BCUT2D eigenvalue weighted by atomic mass is 79.9. The van der Waals surface area contributed by atoms with Crippen LogP contribution in [-0.2, 0) is 5.33 Å². The second kappa shape index (κ2) is 5.75. The van der Waals surface area contributed by atoms with Gasteiger partial charge in [0.05, 0.1) is 17.7 Å². The molecule has 0 N–H and O–H groups in total. The smallest absolute Gasteiger partial charge is 0.175 e. The number of hydrogen-bond acceptors (Lipinski definition) is 2. The van der Waals surface area contributed by atoms with E-state index in [1.54, 1.807) is 7.11 Å². The molecule has 0 amide bonds. The number of alkyl halides is 1. The van der Waals surface area contributed by atoms with Crippen LogP contribution in [0.1, 0.15) is 19.4 Å². The summed E-state index contributed by atoms with van der Waals surface area (Å²) >= 11 is 6.90. The molecule has 0 unspecified atom stereocenters. The fourth-order valence-corrected chi connectivity index (χ4v) is 2.11. The minimum atomic E-state index is 0.130. The number of ether oxygens (including phenoxy) is 2. The van der Waals surface area contributed by atoms with E-state index in [9.17, 15) is 0 Å². The highest BCUT2D eigenvalue weighted by molar-refractivity contribution is 9.10. The lowest BCUT2D eigenvalue weighted by molar-refractivity contribution is 0.228. The van der Waals surface area contributed by atoms with Crippen molar-refractivity contribution in [2.45, 2.75) is 25.3 Å². The van der Waals surface area contributed by atoms with Crippen LogP contribution >= 0.6 is 31.9 Å². The molecule has 0 radical (unpaired) electrons. The second-order valence-corrected chi connectivity index (χ2v) is 4.82. The number of halogens is 2. The van der Waals surface area contributed by atoms with Gasteiger partial charge in [0.2, 0.25) is 0 Å². The topological polar surface area (TPSA) is 18.5 Å². The van der Waals surface area contributed by atoms with Gasteiger partial charge in [0.15, 0.2) is 11.5 Å². The van der Waals surface area contributed by atoms with Crippen LogP contribution in [0.4, 0.5) is 0 Å². The van der Waals surface area contributed by atoms with E-state index in [1.807, 2.05) is 26.0 Å². The molecular weight excluding hydrogens is 324 g/mol. The molecule has 2 nitrogen and oxygen atoms in total. The molecule has 1 aromatic carbocycles. The van der Waals surface area contributed by atoms with Crippen LogP contribution in [0.5, 0.6) is 11.5 Å². The lowest BCUT2D eigenvalue weighted by Gasteiger charge is -2.16. The minimum absolute atomic E-state index is 0.130. The quantitative estimate of drug-likeness (QED) is 0.769. The van der Waals surface area contributed by atoms with Gasteiger partial charge in [0.1, 0.15) is 0 Å². The maximum Gasteiger partial charge on any atom is 0.175 e.